The fourth-order valence-electron chi connectivity index (χ4n) is 4.16. The SMILES string of the molecule is C=C/C=C(/C=O)C(N)=O.CC.CC.CC(C)(C)OC(=O)N1CCN(c2ccc3cc(-c4cn5ccccc5n4)c(=O)oc3n2)CC1.CCC. The number of primary amides is 1. The average Bonchev–Trinajstić information content (AvgIpc) is 3.52. The van der Waals surface area contributed by atoms with Crippen LogP contribution in [0.25, 0.3) is 28.0 Å². The maximum absolute atomic E-state index is 12.7. The standard InChI is InChI=1S/C24H25N5O4.C6H7NO2.C3H8.2C2H6/c1-24(2,3)33-23(31)28-12-10-27(11-13-28)20-8-7-16-14-17(22(30)32-21(16)26-20)18-15-29-9-5-4-6-19(29)25-18;1-2-3-5(4-8)6(7)9;1-3-2;2*1-2/h4-9,14-15H,10-13H2,1-3H3;2-4H,1H2,(H2,7,9);3H2,1-2H3;2*1-2H3/b;5-3-;;;. The number of piperazine rings is 1. The van der Waals surface area contributed by atoms with Gasteiger partial charge in [0.2, 0.25) is 5.71 Å². The number of imidazole rings is 1. The number of nitrogens with two attached hydrogens (primary N) is 1. The summed E-state index contributed by atoms with van der Waals surface area (Å²) in [6.07, 6.45) is 7.61. The molecule has 1 aliphatic heterocycles. The molecular weight excluding hydrogens is 624 g/mol. The second kappa shape index (κ2) is 20.9. The molecule has 0 atom stereocenters. The van der Waals surface area contributed by atoms with Crippen LogP contribution in [0.2, 0.25) is 0 Å². The van der Waals surface area contributed by atoms with Gasteiger partial charge in [0.25, 0.3) is 5.91 Å². The van der Waals surface area contributed by atoms with Crippen molar-refractivity contribution >= 4 is 40.9 Å². The van der Waals surface area contributed by atoms with Gasteiger partial charge in [-0.1, -0.05) is 66.7 Å². The molecule has 0 unspecified atom stereocenters. The largest absolute Gasteiger partial charge is 0.444 e. The zero-order valence-corrected chi connectivity index (χ0v) is 30.4. The molecule has 1 saturated heterocycles. The third-order valence-electron chi connectivity index (χ3n) is 6.19. The van der Waals surface area contributed by atoms with Gasteiger partial charge in [-0.05, 0) is 57.2 Å². The lowest BCUT2D eigenvalue weighted by atomic mass is 10.2. The van der Waals surface area contributed by atoms with Gasteiger partial charge in [0.05, 0.1) is 16.8 Å². The number of hydrogen-bond donors (Lipinski definition) is 1. The first-order valence-electron chi connectivity index (χ1n) is 16.6. The first-order valence-corrected chi connectivity index (χ1v) is 16.6. The molecule has 0 aliphatic carbocycles. The Labute approximate surface area is 289 Å². The molecule has 2 N–H and O–H groups in total. The van der Waals surface area contributed by atoms with Crippen molar-refractivity contribution in [2.45, 2.75) is 74.3 Å². The van der Waals surface area contributed by atoms with Crippen LogP contribution in [0.4, 0.5) is 10.6 Å². The molecule has 4 aromatic heterocycles. The molecule has 4 aromatic rings. The van der Waals surface area contributed by atoms with Crippen LogP contribution < -0.4 is 16.3 Å². The van der Waals surface area contributed by atoms with Gasteiger partial charge in [0, 0.05) is 44.0 Å². The van der Waals surface area contributed by atoms with E-state index < -0.39 is 17.1 Å². The Morgan fingerprint density at radius 1 is 1.02 bits per heavy atom. The minimum atomic E-state index is -0.732. The van der Waals surface area contributed by atoms with Crippen LogP contribution in [0.15, 0.2) is 82.3 Å². The predicted octanol–water partition coefficient (Wildman–Crippen LogP) is 6.81. The van der Waals surface area contributed by atoms with Crippen LogP contribution >= 0.6 is 0 Å². The minimum Gasteiger partial charge on any atom is -0.444 e. The molecule has 2 amide bonds. The second-order valence-corrected chi connectivity index (χ2v) is 11.1. The number of nitrogens with zero attached hydrogens (tertiary/aromatic N) is 5. The van der Waals surface area contributed by atoms with Crippen LogP contribution in [-0.2, 0) is 14.3 Å². The number of allylic oxidation sites excluding steroid dienone is 2. The van der Waals surface area contributed by atoms with Crippen molar-refractivity contribution in [1.29, 1.82) is 0 Å². The van der Waals surface area contributed by atoms with E-state index in [1.807, 2.05) is 89.4 Å². The van der Waals surface area contributed by atoms with Gasteiger partial charge < -0.3 is 29.1 Å². The Bertz CT molecular complexity index is 1710. The molecule has 5 rings (SSSR count). The summed E-state index contributed by atoms with van der Waals surface area (Å²) in [6.45, 7) is 23.4. The summed E-state index contributed by atoms with van der Waals surface area (Å²) in [5.41, 5.74) is 5.66. The first-order chi connectivity index (χ1) is 23.4. The van der Waals surface area contributed by atoms with Gasteiger partial charge in [-0.15, -0.1) is 0 Å². The van der Waals surface area contributed by atoms with E-state index in [1.54, 1.807) is 17.2 Å². The summed E-state index contributed by atoms with van der Waals surface area (Å²) in [4.78, 5) is 58.0. The predicted molar refractivity (Wildman–Crippen MR) is 197 cm³/mol. The maximum Gasteiger partial charge on any atom is 0.410 e. The smallest absolute Gasteiger partial charge is 0.410 e. The monoisotopic (exact) mass is 676 g/mol. The van der Waals surface area contributed by atoms with Crippen molar-refractivity contribution in [3.8, 4) is 11.3 Å². The van der Waals surface area contributed by atoms with Crippen LogP contribution in [-0.4, -0.2) is 69.3 Å². The van der Waals surface area contributed by atoms with E-state index in [9.17, 15) is 19.2 Å². The average molecular weight is 677 g/mol. The molecule has 49 heavy (non-hydrogen) atoms. The van der Waals surface area contributed by atoms with E-state index in [1.165, 1.54) is 18.6 Å². The van der Waals surface area contributed by atoms with E-state index >= 15 is 0 Å². The summed E-state index contributed by atoms with van der Waals surface area (Å²) in [7, 11) is 0. The Hall–Kier alpha value is -5.26. The zero-order valence-electron chi connectivity index (χ0n) is 30.4. The minimum absolute atomic E-state index is 0.0648. The molecule has 0 spiro atoms. The second-order valence-electron chi connectivity index (χ2n) is 11.1. The Balaban J connectivity index is 0.000000637. The van der Waals surface area contributed by atoms with Crippen molar-refractivity contribution in [3.63, 3.8) is 0 Å². The Kier molecular flexibility index (Phi) is 17.8. The number of amides is 2. The van der Waals surface area contributed by atoms with E-state index in [-0.39, 0.29) is 17.4 Å². The van der Waals surface area contributed by atoms with Gasteiger partial charge in [0.1, 0.15) is 17.1 Å². The molecule has 0 radical (unpaired) electrons. The number of hydrogen-bond acceptors (Lipinski definition) is 9. The lowest BCUT2D eigenvalue weighted by molar-refractivity contribution is -0.116. The van der Waals surface area contributed by atoms with Gasteiger partial charge in [0.15, 0.2) is 6.29 Å². The van der Waals surface area contributed by atoms with Gasteiger partial charge in [-0.2, -0.15) is 4.98 Å². The molecule has 1 aliphatic rings. The van der Waals surface area contributed by atoms with Crippen molar-refractivity contribution in [3.05, 3.63) is 83.5 Å². The molecule has 0 aromatic carbocycles. The third-order valence-corrected chi connectivity index (χ3v) is 6.19. The molecule has 5 heterocycles. The van der Waals surface area contributed by atoms with E-state index in [0.717, 1.165) is 11.0 Å². The maximum atomic E-state index is 12.7. The number of pyridine rings is 2. The number of aromatic nitrogens is 3. The summed E-state index contributed by atoms with van der Waals surface area (Å²) < 4.78 is 12.9. The lowest BCUT2D eigenvalue weighted by Gasteiger charge is -2.36. The van der Waals surface area contributed by atoms with Crippen LogP contribution in [0.1, 0.15) is 68.7 Å². The number of carbonyl (C=O) groups excluding carboxylic acids is 3. The van der Waals surface area contributed by atoms with Crippen LogP contribution in [0.3, 0.4) is 0 Å². The van der Waals surface area contributed by atoms with Gasteiger partial charge in [-0.25, -0.2) is 14.6 Å². The topological polar surface area (TPSA) is 153 Å². The fourth-order valence-corrected chi connectivity index (χ4v) is 4.16. The van der Waals surface area contributed by atoms with Crippen molar-refractivity contribution in [2.24, 2.45) is 5.73 Å². The van der Waals surface area contributed by atoms with E-state index in [2.05, 4.69) is 35.3 Å². The molecule has 0 bridgehead atoms. The van der Waals surface area contributed by atoms with E-state index in [0.29, 0.717) is 49.5 Å². The van der Waals surface area contributed by atoms with E-state index in [4.69, 9.17) is 14.9 Å². The molecule has 0 saturated carbocycles. The molecular formula is C37H52N6O6. The van der Waals surface area contributed by atoms with Gasteiger partial charge >= 0.3 is 11.7 Å². The number of fused-ring (bicyclic) bond motifs is 2. The first kappa shape index (κ1) is 41.8. The highest BCUT2D eigenvalue weighted by atomic mass is 16.6. The summed E-state index contributed by atoms with van der Waals surface area (Å²) >= 11 is 0. The molecule has 1 fully saturated rings. The molecule has 12 heteroatoms. The molecule has 12 nitrogen and oxygen atoms in total. The lowest BCUT2D eigenvalue weighted by Crippen LogP contribution is -2.50. The van der Waals surface area contributed by atoms with Gasteiger partial charge in [-0.3, -0.25) is 9.59 Å². The fraction of sp³-hybridized carbons (Fsp3) is 0.405. The Morgan fingerprint density at radius 3 is 2.16 bits per heavy atom. The van der Waals surface area contributed by atoms with Crippen LogP contribution in [0, 0.1) is 0 Å². The third kappa shape index (κ3) is 12.7. The summed E-state index contributed by atoms with van der Waals surface area (Å²) in [5, 5.41) is 0.720. The summed E-state index contributed by atoms with van der Waals surface area (Å²) in [6, 6.07) is 11.2. The van der Waals surface area contributed by atoms with Crippen molar-refractivity contribution in [1.82, 2.24) is 19.3 Å². The summed E-state index contributed by atoms with van der Waals surface area (Å²) in [5.74, 6) is -0.0279. The highest BCUT2D eigenvalue weighted by molar-refractivity contribution is 6.09. The van der Waals surface area contributed by atoms with Crippen molar-refractivity contribution < 1.29 is 23.5 Å². The molecule has 266 valence electrons. The quantitative estimate of drug-likeness (QED) is 0.0789. The normalized spacial score (nSPS) is 12.5. The van der Waals surface area contributed by atoms with Crippen molar-refractivity contribution in [2.75, 3.05) is 31.1 Å². The zero-order chi connectivity index (χ0) is 37.1. The highest BCUT2D eigenvalue weighted by Gasteiger charge is 2.26. The highest BCUT2D eigenvalue weighted by Crippen LogP contribution is 2.23. The number of aldehydes is 1. The number of anilines is 1. The number of ether oxygens (including phenoxy) is 1. The number of carbonyl (C=O) groups is 3. The number of rotatable bonds is 5. The Morgan fingerprint density at radius 2 is 1.65 bits per heavy atom. The van der Waals surface area contributed by atoms with Crippen LogP contribution in [0.5, 0.6) is 0 Å².